The largest absolute Gasteiger partial charge is 0.353 e. The van der Waals surface area contributed by atoms with Gasteiger partial charge < -0.3 is 5.32 Å². The second-order valence-corrected chi connectivity index (χ2v) is 7.77. The van der Waals surface area contributed by atoms with Crippen LogP contribution in [-0.2, 0) is 20.6 Å². The molecule has 1 aliphatic heterocycles. The van der Waals surface area contributed by atoms with Crippen molar-refractivity contribution in [1.82, 2.24) is 9.62 Å². The molecule has 1 N–H and O–H groups in total. The number of carbonyl (C=O) groups excluding carboxylic acids is 1. The van der Waals surface area contributed by atoms with Crippen LogP contribution in [0.5, 0.6) is 0 Å². The summed E-state index contributed by atoms with van der Waals surface area (Å²) in [4.78, 5) is 12.0. The van der Waals surface area contributed by atoms with Gasteiger partial charge in [-0.2, -0.15) is 4.31 Å². The van der Waals surface area contributed by atoms with Gasteiger partial charge in [-0.1, -0.05) is 43.6 Å². The Morgan fingerprint density at radius 3 is 2.67 bits per heavy atom. The number of carbonyl (C=O) groups is 1. The normalized spacial score (nSPS) is 20.6. The van der Waals surface area contributed by atoms with Gasteiger partial charge in [0.25, 0.3) is 0 Å². The zero-order valence-corrected chi connectivity index (χ0v) is 13.6. The molecule has 0 aromatic heterocycles. The van der Waals surface area contributed by atoms with Crippen molar-refractivity contribution in [2.75, 3.05) is 13.1 Å². The molecule has 1 aliphatic rings. The van der Waals surface area contributed by atoms with Crippen molar-refractivity contribution < 1.29 is 13.2 Å². The van der Waals surface area contributed by atoms with Gasteiger partial charge in [0, 0.05) is 18.1 Å². The molecular weight excluding hydrogens is 312 g/mol. The zero-order valence-electron chi connectivity index (χ0n) is 12.0. The minimum Gasteiger partial charge on any atom is -0.353 e. The highest BCUT2D eigenvalue weighted by Gasteiger charge is 2.39. The molecule has 21 heavy (non-hydrogen) atoms. The van der Waals surface area contributed by atoms with Crippen molar-refractivity contribution in [3.63, 3.8) is 0 Å². The molecule has 0 bridgehead atoms. The number of rotatable bonds is 4. The van der Waals surface area contributed by atoms with E-state index < -0.39 is 16.1 Å². The highest BCUT2D eigenvalue weighted by molar-refractivity contribution is 7.88. The van der Waals surface area contributed by atoms with Crippen LogP contribution in [0.3, 0.4) is 0 Å². The highest BCUT2D eigenvalue weighted by atomic mass is 35.5. The Kier molecular flexibility index (Phi) is 4.91. The van der Waals surface area contributed by atoms with Crippen LogP contribution in [0.25, 0.3) is 0 Å². The molecule has 5 nitrogen and oxygen atoms in total. The van der Waals surface area contributed by atoms with Gasteiger partial charge in [0.2, 0.25) is 15.9 Å². The first-order valence-corrected chi connectivity index (χ1v) is 8.82. The van der Waals surface area contributed by atoms with Crippen LogP contribution >= 0.6 is 11.6 Å². The quantitative estimate of drug-likeness (QED) is 0.912. The predicted octanol–water partition coefficient (Wildman–Crippen LogP) is 1.63. The van der Waals surface area contributed by atoms with Gasteiger partial charge in [0.1, 0.15) is 6.04 Å². The van der Waals surface area contributed by atoms with E-state index in [9.17, 15) is 13.2 Å². The first-order valence-electron chi connectivity index (χ1n) is 6.83. The fourth-order valence-electron chi connectivity index (χ4n) is 2.51. The van der Waals surface area contributed by atoms with Crippen molar-refractivity contribution in [3.05, 3.63) is 34.9 Å². The van der Waals surface area contributed by atoms with Gasteiger partial charge in [-0.3, -0.25) is 4.79 Å². The molecule has 0 aliphatic carbocycles. The standard InChI is InChI=1S/C14H19ClN2O3S/c1-10(2)13-14(18)16-7-8-17(13)21(19,20)9-11-5-3-4-6-12(11)15/h3-6,10,13H,7-9H2,1-2H3,(H,16,18). The van der Waals surface area contributed by atoms with Crippen LogP contribution in [0.2, 0.25) is 5.02 Å². The topological polar surface area (TPSA) is 66.5 Å². The van der Waals surface area contributed by atoms with E-state index in [0.29, 0.717) is 23.7 Å². The molecule has 1 saturated heterocycles. The Balaban J connectivity index is 2.29. The van der Waals surface area contributed by atoms with Crippen LogP contribution in [0.4, 0.5) is 0 Å². The Bertz CT molecular complexity index is 631. The molecule has 1 unspecified atom stereocenters. The molecule has 1 atom stereocenters. The average Bonchev–Trinajstić information content (AvgIpc) is 2.40. The third kappa shape index (κ3) is 3.56. The minimum atomic E-state index is -3.60. The van der Waals surface area contributed by atoms with E-state index in [0.717, 1.165) is 0 Å². The van der Waals surface area contributed by atoms with E-state index in [1.165, 1.54) is 4.31 Å². The van der Waals surface area contributed by atoms with Crippen LogP contribution in [-0.4, -0.2) is 37.8 Å². The molecule has 116 valence electrons. The van der Waals surface area contributed by atoms with E-state index in [2.05, 4.69) is 5.32 Å². The number of piperazine rings is 1. The fourth-order valence-corrected chi connectivity index (χ4v) is 4.65. The van der Waals surface area contributed by atoms with Crippen molar-refractivity contribution in [1.29, 1.82) is 0 Å². The lowest BCUT2D eigenvalue weighted by atomic mass is 10.0. The molecule has 1 amide bonds. The number of sulfonamides is 1. The number of nitrogens with one attached hydrogen (secondary N) is 1. The number of amides is 1. The predicted molar refractivity (Wildman–Crippen MR) is 82.4 cm³/mol. The van der Waals surface area contributed by atoms with E-state index in [1.54, 1.807) is 24.3 Å². The lowest BCUT2D eigenvalue weighted by Gasteiger charge is -2.36. The maximum absolute atomic E-state index is 12.7. The highest BCUT2D eigenvalue weighted by Crippen LogP contribution is 2.24. The molecule has 1 heterocycles. The van der Waals surface area contributed by atoms with Gasteiger partial charge in [0.15, 0.2) is 0 Å². The maximum Gasteiger partial charge on any atom is 0.238 e. The van der Waals surface area contributed by atoms with E-state index >= 15 is 0 Å². The summed E-state index contributed by atoms with van der Waals surface area (Å²) in [6.45, 7) is 4.31. The Morgan fingerprint density at radius 1 is 1.38 bits per heavy atom. The molecule has 0 saturated carbocycles. The maximum atomic E-state index is 12.7. The van der Waals surface area contributed by atoms with Crippen molar-refractivity contribution in [2.24, 2.45) is 5.92 Å². The Morgan fingerprint density at radius 2 is 2.05 bits per heavy atom. The summed E-state index contributed by atoms with van der Waals surface area (Å²) in [5.41, 5.74) is 0.549. The number of nitrogens with zero attached hydrogens (tertiary/aromatic N) is 1. The molecule has 0 radical (unpaired) electrons. The van der Waals surface area contributed by atoms with E-state index in [1.807, 2.05) is 13.8 Å². The summed E-state index contributed by atoms with van der Waals surface area (Å²) >= 11 is 6.03. The van der Waals surface area contributed by atoms with Crippen LogP contribution < -0.4 is 5.32 Å². The molecular formula is C14H19ClN2O3S. The number of hydrogen-bond acceptors (Lipinski definition) is 3. The molecule has 1 aromatic rings. The molecule has 1 aromatic carbocycles. The first kappa shape index (κ1) is 16.3. The smallest absolute Gasteiger partial charge is 0.238 e. The van der Waals surface area contributed by atoms with Crippen molar-refractivity contribution in [3.8, 4) is 0 Å². The monoisotopic (exact) mass is 330 g/mol. The summed E-state index contributed by atoms with van der Waals surface area (Å²) in [6, 6.07) is 6.19. The molecule has 1 fully saturated rings. The van der Waals surface area contributed by atoms with Gasteiger partial charge in [-0.15, -0.1) is 0 Å². The van der Waals surface area contributed by atoms with Crippen LogP contribution in [0.15, 0.2) is 24.3 Å². The Hall–Kier alpha value is -1.11. The third-order valence-electron chi connectivity index (χ3n) is 3.49. The summed E-state index contributed by atoms with van der Waals surface area (Å²) < 4.78 is 26.6. The second-order valence-electron chi connectivity index (χ2n) is 5.44. The summed E-state index contributed by atoms with van der Waals surface area (Å²) in [6.07, 6.45) is 0. The number of benzene rings is 1. The SMILES string of the molecule is CC(C)C1C(=O)NCCN1S(=O)(=O)Cc1ccccc1Cl. The summed E-state index contributed by atoms with van der Waals surface area (Å²) in [5.74, 6) is -0.520. The first-order chi connectivity index (χ1) is 9.83. The summed E-state index contributed by atoms with van der Waals surface area (Å²) in [5, 5.41) is 3.14. The van der Waals surface area contributed by atoms with Gasteiger partial charge >= 0.3 is 0 Å². The molecule has 7 heteroatoms. The zero-order chi connectivity index (χ0) is 15.6. The van der Waals surface area contributed by atoms with Crippen molar-refractivity contribution >= 4 is 27.5 Å². The lowest BCUT2D eigenvalue weighted by molar-refractivity contribution is -0.128. The molecule has 0 spiro atoms. The number of hydrogen-bond donors (Lipinski definition) is 1. The van der Waals surface area contributed by atoms with E-state index in [4.69, 9.17) is 11.6 Å². The van der Waals surface area contributed by atoms with Crippen LogP contribution in [0, 0.1) is 5.92 Å². The van der Waals surface area contributed by atoms with Gasteiger partial charge in [-0.25, -0.2) is 8.42 Å². The van der Waals surface area contributed by atoms with Gasteiger partial charge in [-0.05, 0) is 17.5 Å². The van der Waals surface area contributed by atoms with Crippen LogP contribution in [0.1, 0.15) is 19.4 Å². The Labute approximate surface area is 130 Å². The van der Waals surface area contributed by atoms with Crippen molar-refractivity contribution in [2.45, 2.75) is 25.6 Å². The molecule has 2 rings (SSSR count). The average molecular weight is 331 g/mol. The number of halogens is 1. The summed E-state index contributed by atoms with van der Waals surface area (Å²) in [7, 11) is -3.60. The van der Waals surface area contributed by atoms with Gasteiger partial charge in [0.05, 0.1) is 5.75 Å². The third-order valence-corrected chi connectivity index (χ3v) is 5.66. The lowest BCUT2D eigenvalue weighted by Crippen LogP contribution is -2.59. The fraction of sp³-hybridized carbons (Fsp3) is 0.500. The minimum absolute atomic E-state index is 0.0914. The van der Waals surface area contributed by atoms with E-state index in [-0.39, 0.29) is 17.6 Å². The second kappa shape index (κ2) is 6.34.